The van der Waals surface area contributed by atoms with Gasteiger partial charge in [-0.1, -0.05) is 0 Å². The van der Waals surface area contributed by atoms with Gasteiger partial charge in [-0.25, -0.2) is 28.1 Å². The zero-order chi connectivity index (χ0) is 21.3. The molecule has 11 heteroatoms. The van der Waals surface area contributed by atoms with Crippen LogP contribution in [0.25, 0.3) is 11.0 Å². The summed E-state index contributed by atoms with van der Waals surface area (Å²) in [6.07, 6.45) is 7.90. The molecule has 0 radical (unpaired) electrons. The smallest absolute Gasteiger partial charge is 0.227 e. The molecule has 0 amide bonds. The van der Waals surface area contributed by atoms with Crippen LogP contribution in [0.3, 0.4) is 0 Å². The molecule has 3 aromatic heterocycles. The van der Waals surface area contributed by atoms with Gasteiger partial charge in [-0.05, 0) is 32.8 Å². The van der Waals surface area contributed by atoms with E-state index in [1.807, 2.05) is 12.4 Å². The normalized spacial score (nSPS) is 15.8. The van der Waals surface area contributed by atoms with Crippen LogP contribution in [-0.2, 0) is 10.0 Å². The van der Waals surface area contributed by atoms with Crippen molar-refractivity contribution < 1.29 is 8.42 Å². The summed E-state index contributed by atoms with van der Waals surface area (Å²) in [5.41, 5.74) is 1.86. The van der Waals surface area contributed by atoms with Crippen molar-refractivity contribution in [3.8, 4) is 0 Å². The minimum absolute atomic E-state index is 0.0423. The fourth-order valence-corrected chi connectivity index (χ4v) is 4.45. The van der Waals surface area contributed by atoms with Gasteiger partial charge in [-0.3, -0.25) is 0 Å². The molecule has 10 nitrogen and oxygen atoms in total. The van der Waals surface area contributed by atoms with E-state index in [9.17, 15) is 8.42 Å². The highest BCUT2D eigenvalue weighted by Gasteiger charge is 2.23. The van der Waals surface area contributed by atoms with E-state index >= 15 is 0 Å². The van der Waals surface area contributed by atoms with Crippen molar-refractivity contribution in [3.05, 3.63) is 30.9 Å². The number of fused-ring (bicyclic) bond motifs is 1. The van der Waals surface area contributed by atoms with Crippen LogP contribution >= 0.6 is 0 Å². The molecule has 4 heterocycles. The lowest BCUT2D eigenvalue weighted by Crippen LogP contribution is -2.44. The molecule has 2 N–H and O–H groups in total. The predicted molar refractivity (Wildman–Crippen MR) is 116 cm³/mol. The highest BCUT2D eigenvalue weighted by Crippen LogP contribution is 2.23. The number of hydrogen-bond acceptors (Lipinski definition) is 8. The summed E-state index contributed by atoms with van der Waals surface area (Å²) in [6.45, 7) is 5.60. The van der Waals surface area contributed by atoms with E-state index in [2.05, 4.69) is 53.3 Å². The maximum Gasteiger partial charge on any atom is 0.227 e. The van der Waals surface area contributed by atoms with Gasteiger partial charge in [-0.2, -0.15) is 4.98 Å². The summed E-state index contributed by atoms with van der Waals surface area (Å²) in [4.78, 5) is 19.9. The number of rotatable bonds is 6. The first-order chi connectivity index (χ1) is 14.3. The number of pyridine rings is 1. The fraction of sp³-hybridized carbons (Fsp3) is 0.474. The molecule has 0 atom stereocenters. The van der Waals surface area contributed by atoms with E-state index in [1.54, 1.807) is 18.5 Å². The molecule has 160 valence electrons. The lowest BCUT2D eigenvalue weighted by Gasteiger charge is -2.32. The number of sulfonamides is 1. The van der Waals surface area contributed by atoms with Crippen LogP contribution in [0.5, 0.6) is 0 Å². The molecule has 0 spiro atoms. The number of anilines is 3. The Bertz CT molecular complexity index is 1140. The second-order valence-corrected chi connectivity index (χ2v) is 9.60. The Labute approximate surface area is 175 Å². The summed E-state index contributed by atoms with van der Waals surface area (Å²) >= 11 is 0. The molecular weight excluding hydrogens is 404 g/mol. The quantitative estimate of drug-likeness (QED) is 0.610. The van der Waals surface area contributed by atoms with E-state index in [1.165, 1.54) is 6.26 Å². The molecule has 1 saturated heterocycles. The third kappa shape index (κ3) is 4.68. The second kappa shape index (κ2) is 8.15. The SMILES string of the molecule is CC(C)n1cnc2cnc(Nc3ccnc(N4CCC(NS(C)(=O)=O)CC4)n3)cc21. The minimum Gasteiger partial charge on any atom is -0.341 e. The first-order valence-electron chi connectivity index (χ1n) is 9.93. The third-order valence-corrected chi connectivity index (χ3v) is 5.84. The highest BCUT2D eigenvalue weighted by atomic mass is 32.2. The molecule has 30 heavy (non-hydrogen) atoms. The Kier molecular flexibility index (Phi) is 5.56. The van der Waals surface area contributed by atoms with E-state index < -0.39 is 10.0 Å². The predicted octanol–water partition coefficient (Wildman–Crippen LogP) is 2.06. The molecule has 1 aliphatic heterocycles. The van der Waals surface area contributed by atoms with Gasteiger partial charge in [0.05, 0.1) is 24.3 Å². The average Bonchev–Trinajstić information content (AvgIpc) is 3.11. The van der Waals surface area contributed by atoms with Crippen LogP contribution in [0.15, 0.2) is 30.9 Å². The van der Waals surface area contributed by atoms with Gasteiger partial charge in [0.15, 0.2) is 0 Å². The molecule has 0 unspecified atom stereocenters. The number of nitrogens with zero attached hydrogens (tertiary/aromatic N) is 6. The van der Waals surface area contributed by atoms with Gasteiger partial charge in [0.25, 0.3) is 0 Å². The summed E-state index contributed by atoms with van der Waals surface area (Å²) < 4.78 is 27.6. The van der Waals surface area contributed by atoms with Crippen molar-refractivity contribution in [1.82, 2.24) is 29.2 Å². The zero-order valence-corrected chi connectivity index (χ0v) is 18.1. The Morgan fingerprint density at radius 2 is 1.90 bits per heavy atom. The van der Waals surface area contributed by atoms with Gasteiger partial charge >= 0.3 is 0 Å². The van der Waals surface area contributed by atoms with Crippen molar-refractivity contribution in [3.63, 3.8) is 0 Å². The van der Waals surface area contributed by atoms with E-state index in [4.69, 9.17) is 0 Å². The van der Waals surface area contributed by atoms with Crippen LogP contribution < -0.4 is 14.9 Å². The Hall–Kier alpha value is -2.79. The van der Waals surface area contributed by atoms with Gasteiger partial charge in [0, 0.05) is 37.4 Å². The Morgan fingerprint density at radius 1 is 1.13 bits per heavy atom. The van der Waals surface area contributed by atoms with Crippen molar-refractivity contribution in [1.29, 1.82) is 0 Å². The maximum atomic E-state index is 11.4. The van der Waals surface area contributed by atoms with Crippen LogP contribution in [0.1, 0.15) is 32.7 Å². The Morgan fingerprint density at radius 3 is 2.60 bits per heavy atom. The average molecular weight is 431 g/mol. The van der Waals surface area contributed by atoms with Gasteiger partial charge < -0.3 is 14.8 Å². The second-order valence-electron chi connectivity index (χ2n) is 7.82. The molecular formula is C19H26N8O2S. The number of imidazole rings is 1. The molecule has 0 aromatic carbocycles. The molecule has 0 bridgehead atoms. The van der Waals surface area contributed by atoms with Crippen LogP contribution in [0.2, 0.25) is 0 Å². The van der Waals surface area contributed by atoms with Crippen molar-refractivity contribution in [2.24, 2.45) is 0 Å². The number of hydrogen-bond donors (Lipinski definition) is 2. The number of nitrogens with one attached hydrogen (secondary N) is 2. The van der Waals surface area contributed by atoms with Gasteiger partial charge in [0.2, 0.25) is 16.0 Å². The standard InChI is InChI=1S/C19H26N8O2S/c1-13(2)27-12-22-15-11-21-18(10-16(15)27)23-17-4-7-20-19(24-17)26-8-5-14(6-9-26)25-30(3,28)29/h4,7,10-14,25H,5-6,8-9H2,1-3H3,(H,20,21,23,24). The van der Waals surface area contributed by atoms with E-state index in [-0.39, 0.29) is 6.04 Å². The van der Waals surface area contributed by atoms with Crippen LogP contribution in [0.4, 0.5) is 17.6 Å². The summed E-state index contributed by atoms with van der Waals surface area (Å²) in [5.74, 6) is 1.95. The first-order valence-corrected chi connectivity index (χ1v) is 11.8. The summed E-state index contributed by atoms with van der Waals surface area (Å²) in [5, 5.41) is 3.25. The number of piperidine rings is 1. The third-order valence-electron chi connectivity index (χ3n) is 5.08. The molecule has 4 rings (SSSR count). The maximum absolute atomic E-state index is 11.4. The summed E-state index contributed by atoms with van der Waals surface area (Å²) in [6, 6.07) is 4.02. The lowest BCUT2D eigenvalue weighted by atomic mass is 10.1. The van der Waals surface area contributed by atoms with Crippen molar-refractivity contribution in [2.75, 3.05) is 29.6 Å². The molecule has 0 aliphatic carbocycles. The molecule has 1 aliphatic rings. The monoisotopic (exact) mass is 430 g/mol. The van der Waals surface area contributed by atoms with E-state index in [0.29, 0.717) is 49.6 Å². The highest BCUT2D eigenvalue weighted by molar-refractivity contribution is 7.88. The van der Waals surface area contributed by atoms with Gasteiger partial charge in [0.1, 0.15) is 17.2 Å². The van der Waals surface area contributed by atoms with Crippen LogP contribution in [0, 0.1) is 0 Å². The fourth-order valence-electron chi connectivity index (χ4n) is 3.61. The van der Waals surface area contributed by atoms with Crippen LogP contribution in [-0.4, -0.2) is 58.3 Å². The molecule has 0 saturated carbocycles. The van der Waals surface area contributed by atoms with Gasteiger partial charge in [-0.15, -0.1) is 0 Å². The lowest BCUT2D eigenvalue weighted by molar-refractivity contribution is 0.458. The van der Waals surface area contributed by atoms with Crippen molar-refractivity contribution >= 4 is 38.6 Å². The molecule has 1 fully saturated rings. The minimum atomic E-state index is -3.19. The zero-order valence-electron chi connectivity index (χ0n) is 17.3. The van der Waals surface area contributed by atoms with E-state index in [0.717, 1.165) is 11.0 Å². The first kappa shape index (κ1) is 20.5. The largest absolute Gasteiger partial charge is 0.341 e. The summed E-state index contributed by atoms with van der Waals surface area (Å²) in [7, 11) is -3.19. The topological polar surface area (TPSA) is 118 Å². The Balaban J connectivity index is 1.47. The molecule has 3 aromatic rings. The van der Waals surface area contributed by atoms with Crippen molar-refractivity contribution in [2.45, 2.75) is 38.8 Å². The number of aromatic nitrogens is 5.